The summed E-state index contributed by atoms with van der Waals surface area (Å²) in [6.45, 7) is 4.30. The maximum absolute atomic E-state index is 12.1. The third-order valence-electron chi connectivity index (χ3n) is 3.87. The zero-order valence-electron chi connectivity index (χ0n) is 12.7. The quantitative estimate of drug-likeness (QED) is 0.567. The summed E-state index contributed by atoms with van der Waals surface area (Å²) in [4.78, 5) is 23.8. The molecule has 0 radical (unpaired) electrons. The molecule has 0 unspecified atom stereocenters. The monoisotopic (exact) mass is 288 g/mol. The molecule has 4 nitrogen and oxygen atoms in total. The lowest BCUT2D eigenvalue weighted by atomic mass is 10.0. The van der Waals surface area contributed by atoms with Crippen molar-refractivity contribution in [2.75, 3.05) is 19.6 Å². The molecule has 2 rings (SSSR count). The predicted octanol–water partition coefficient (Wildman–Crippen LogP) is 1.86. The van der Waals surface area contributed by atoms with Crippen LogP contribution >= 0.6 is 0 Å². The number of carbonyl (C=O) groups is 2. The molecule has 0 bridgehead atoms. The van der Waals surface area contributed by atoms with Crippen molar-refractivity contribution in [1.29, 1.82) is 0 Å². The van der Waals surface area contributed by atoms with Crippen LogP contribution in [0, 0.1) is 0 Å². The minimum atomic E-state index is -0.0533. The van der Waals surface area contributed by atoms with Crippen LogP contribution in [0.25, 0.3) is 0 Å². The number of carbonyl (C=O) groups excluding carboxylic acids is 2. The summed E-state index contributed by atoms with van der Waals surface area (Å²) in [6, 6.07) is 5.97. The molecule has 0 atom stereocenters. The highest BCUT2D eigenvalue weighted by molar-refractivity contribution is 5.98. The van der Waals surface area contributed by atoms with Gasteiger partial charge in [0, 0.05) is 31.5 Å². The Balaban J connectivity index is 1.75. The van der Waals surface area contributed by atoms with E-state index in [0.29, 0.717) is 6.54 Å². The number of nitrogens with one attached hydrogen (secondary N) is 2. The molecule has 0 aromatic heterocycles. The van der Waals surface area contributed by atoms with Crippen molar-refractivity contribution < 1.29 is 9.59 Å². The molecule has 2 N–H and O–H groups in total. The highest BCUT2D eigenvalue weighted by atomic mass is 16.2. The maximum atomic E-state index is 12.1. The van der Waals surface area contributed by atoms with Gasteiger partial charge < -0.3 is 10.6 Å². The summed E-state index contributed by atoms with van der Waals surface area (Å²) in [5.74, 6) is 0.00828. The fourth-order valence-electron chi connectivity index (χ4n) is 2.67. The largest absolute Gasteiger partial charge is 0.355 e. The number of hydrogen-bond donors (Lipinski definition) is 2. The summed E-state index contributed by atoms with van der Waals surface area (Å²) in [5.41, 5.74) is 3.42. The average Bonchev–Trinajstić information content (AvgIpc) is 2.96. The van der Waals surface area contributed by atoms with Crippen molar-refractivity contribution in [1.82, 2.24) is 10.6 Å². The Morgan fingerprint density at radius 2 is 1.90 bits per heavy atom. The van der Waals surface area contributed by atoms with Gasteiger partial charge in [0.05, 0.1) is 0 Å². The van der Waals surface area contributed by atoms with E-state index in [1.165, 1.54) is 17.5 Å². The molecule has 21 heavy (non-hydrogen) atoms. The molecule has 0 heterocycles. The Morgan fingerprint density at radius 3 is 2.71 bits per heavy atom. The van der Waals surface area contributed by atoms with Crippen molar-refractivity contribution in [2.24, 2.45) is 0 Å². The summed E-state index contributed by atoms with van der Waals surface area (Å²) >= 11 is 0. The van der Waals surface area contributed by atoms with E-state index in [1.54, 1.807) is 0 Å². The molecule has 1 aromatic rings. The van der Waals surface area contributed by atoms with Gasteiger partial charge in [-0.3, -0.25) is 9.59 Å². The first-order valence-corrected chi connectivity index (χ1v) is 7.83. The first-order valence-electron chi connectivity index (χ1n) is 7.83. The Morgan fingerprint density at radius 1 is 1.10 bits per heavy atom. The van der Waals surface area contributed by atoms with Crippen LogP contribution in [0.5, 0.6) is 0 Å². The number of Topliss-reactive ketones (excluding diaryl/α,β-unsaturated/α-hetero) is 1. The minimum Gasteiger partial charge on any atom is -0.355 e. The zero-order valence-corrected chi connectivity index (χ0v) is 12.7. The maximum Gasteiger partial charge on any atom is 0.220 e. The van der Waals surface area contributed by atoms with E-state index in [9.17, 15) is 9.59 Å². The second-order valence-electron chi connectivity index (χ2n) is 5.46. The van der Waals surface area contributed by atoms with Crippen molar-refractivity contribution >= 4 is 11.7 Å². The van der Waals surface area contributed by atoms with E-state index in [1.807, 2.05) is 19.1 Å². The molecule has 114 valence electrons. The third kappa shape index (κ3) is 4.67. The Labute approximate surface area is 126 Å². The van der Waals surface area contributed by atoms with E-state index >= 15 is 0 Å². The van der Waals surface area contributed by atoms with Gasteiger partial charge in [-0.2, -0.15) is 0 Å². The summed E-state index contributed by atoms with van der Waals surface area (Å²) in [6.07, 6.45) is 3.93. The first kappa shape index (κ1) is 15.7. The fraction of sp³-hybridized carbons (Fsp3) is 0.529. The van der Waals surface area contributed by atoms with Crippen LogP contribution in [-0.2, 0) is 17.6 Å². The van der Waals surface area contributed by atoms with Crippen LogP contribution < -0.4 is 10.6 Å². The van der Waals surface area contributed by atoms with Gasteiger partial charge in [0.15, 0.2) is 5.78 Å². The van der Waals surface area contributed by atoms with E-state index < -0.39 is 0 Å². The lowest BCUT2D eigenvalue weighted by Crippen LogP contribution is -2.31. The number of hydrogen-bond acceptors (Lipinski definition) is 3. The molecule has 0 saturated carbocycles. The van der Waals surface area contributed by atoms with Crippen molar-refractivity contribution in [2.45, 2.75) is 39.0 Å². The second-order valence-corrected chi connectivity index (χ2v) is 5.46. The number of aryl methyl sites for hydroxylation is 2. The average molecular weight is 288 g/mol. The second kappa shape index (κ2) is 7.93. The Hall–Kier alpha value is -1.68. The van der Waals surface area contributed by atoms with E-state index in [0.717, 1.165) is 31.5 Å². The van der Waals surface area contributed by atoms with Crippen molar-refractivity contribution in [3.8, 4) is 0 Å². The smallest absolute Gasteiger partial charge is 0.220 e. The van der Waals surface area contributed by atoms with Crippen molar-refractivity contribution in [3.05, 3.63) is 34.9 Å². The molecule has 0 aliphatic heterocycles. The SMILES string of the molecule is CCNCCNC(=O)CCC(=O)c1ccc2c(c1)CCC2. The lowest BCUT2D eigenvalue weighted by Gasteiger charge is -2.06. The normalized spacial score (nSPS) is 13.0. The summed E-state index contributed by atoms with van der Waals surface area (Å²) in [5, 5.41) is 5.95. The minimum absolute atomic E-state index is 0.0533. The number of ketones is 1. The number of rotatable bonds is 8. The highest BCUT2D eigenvalue weighted by Gasteiger charge is 2.14. The molecule has 0 fully saturated rings. The van der Waals surface area contributed by atoms with Gasteiger partial charge in [-0.15, -0.1) is 0 Å². The molecular weight excluding hydrogens is 264 g/mol. The van der Waals surface area contributed by atoms with E-state index in [4.69, 9.17) is 0 Å². The number of fused-ring (bicyclic) bond motifs is 1. The van der Waals surface area contributed by atoms with Crippen LogP contribution in [-0.4, -0.2) is 31.3 Å². The molecule has 0 spiro atoms. The molecule has 1 amide bonds. The number of amides is 1. The third-order valence-corrected chi connectivity index (χ3v) is 3.87. The molecular formula is C17H24N2O2. The summed E-state index contributed by atoms with van der Waals surface area (Å²) in [7, 11) is 0. The predicted molar refractivity (Wildman–Crippen MR) is 83.6 cm³/mol. The van der Waals surface area contributed by atoms with Crippen LogP contribution in [0.4, 0.5) is 0 Å². The van der Waals surface area contributed by atoms with Gasteiger partial charge in [-0.25, -0.2) is 0 Å². The highest BCUT2D eigenvalue weighted by Crippen LogP contribution is 2.23. The number of benzene rings is 1. The first-order chi connectivity index (χ1) is 10.2. The van der Waals surface area contributed by atoms with Crippen LogP contribution in [0.15, 0.2) is 18.2 Å². The lowest BCUT2D eigenvalue weighted by molar-refractivity contribution is -0.121. The van der Waals surface area contributed by atoms with E-state index in [2.05, 4.69) is 16.7 Å². The van der Waals surface area contributed by atoms with Crippen LogP contribution in [0.3, 0.4) is 0 Å². The van der Waals surface area contributed by atoms with E-state index in [-0.39, 0.29) is 24.5 Å². The van der Waals surface area contributed by atoms with Gasteiger partial charge in [0.1, 0.15) is 0 Å². The standard InChI is InChI=1S/C17H24N2O2/c1-2-18-10-11-19-17(21)9-8-16(20)15-7-6-13-4-3-5-14(13)12-15/h6-7,12,18H,2-5,8-11H2,1H3,(H,19,21). The van der Waals surface area contributed by atoms with Crippen molar-refractivity contribution in [3.63, 3.8) is 0 Å². The van der Waals surface area contributed by atoms with Gasteiger partial charge >= 0.3 is 0 Å². The van der Waals surface area contributed by atoms with Crippen LogP contribution in [0.2, 0.25) is 0 Å². The Kier molecular flexibility index (Phi) is 5.93. The zero-order chi connectivity index (χ0) is 15.1. The fourth-order valence-corrected chi connectivity index (χ4v) is 2.67. The Bertz CT molecular complexity index is 512. The van der Waals surface area contributed by atoms with Crippen LogP contribution in [0.1, 0.15) is 47.7 Å². The molecule has 0 saturated heterocycles. The van der Waals surface area contributed by atoms with Gasteiger partial charge in [0.2, 0.25) is 5.91 Å². The summed E-state index contributed by atoms with van der Waals surface area (Å²) < 4.78 is 0. The number of likely N-dealkylation sites (N-methyl/N-ethyl adjacent to an activating group) is 1. The van der Waals surface area contributed by atoms with Gasteiger partial charge in [-0.1, -0.05) is 19.1 Å². The molecule has 4 heteroatoms. The molecule has 1 aromatic carbocycles. The topological polar surface area (TPSA) is 58.2 Å². The van der Waals surface area contributed by atoms with Gasteiger partial charge in [-0.05, 0) is 43.0 Å². The molecule has 1 aliphatic carbocycles. The van der Waals surface area contributed by atoms with Gasteiger partial charge in [0.25, 0.3) is 0 Å². The molecule has 1 aliphatic rings.